The van der Waals surface area contributed by atoms with E-state index in [0.29, 0.717) is 0 Å². The molecule has 0 radical (unpaired) electrons. The summed E-state index contributed by atoms with van der Waals surface area (Å²) in [5, 5.41) is 2.50. The zero-order valence-corrected chi connectivity index (χ0v) is 9.09. The number of nitrogens with one attached hydrogen (secondary N) is 1. The van der Waals surface area contributed by atoms with Gasteiger partial charge in [0.2, 0.25) is 11.8 Å². The van der Waals surface area contributed by atoms with Crippen molar-refractivity contribution in [1.29, 1.82) is 0 Å². The SMILES string of the molecule is O=C1CC(NCCC(F)(F)F)C(=O)N1C1CC1. The Labute approximate surface area is 96.1 Å². The van der Waals surface area contributed by atoms with Gasteiger partial charge in [-0.05, 0) is 12.8 Å². The van der Waals surface area contributed by atoms with Crippen LogP contribution in [0.3, 0.4) is 0 Å². The minimum Gasteiger partial charge on any atom is -0.305 e. The predicted molar refractivity (Wildman–Crippen MR) is 52.0 cm³/mol. The van der Waals surface area contributed by atoms with Crippen molar-refractivity contribution >= 4 is 11.8 Å². The molecule has 1 aliphatic carbocycles. The summed E-state index contributed by atoms with van der Waals surface area (Å²) in [6.45, 7) is -0.328. The molecule has 96 valence electrons. The fraction of sp³-hybridized carbons (Fsp3) is 0.800. The van der Waals surface area contributed by atoms with Crippen LogP contribution < -0.4 is 5.32 Å². The molecular formula is C10H13F3N2O2. The van der Waals surface area contributed by atoms with Crippen molar-refractivity contribution in [3.05, 3.63) is 0 Å². The molecule has 0 bridgehead atoms. The van der Waals surface area contributed by atoms with Gasteiger partial charge in [0.1, 0.15) is 0 Å². The molecule has 7 heteroatoms. The van der Waals surface area contributed by atoms with Crippen LogP contribution in [0.25, 0.3) is 0 Å². The van der Waals surface area contributed by atoms with Crippen molar-refractivity contribution in [3.63, 3.8) is 0 Å². The van der Waals surface area contributed by atoms with Gasteiger partial charge in [0.05, 0.1) is 18.9 Å². The number of amides is 2. The third-order valence-electron chi connectivity index (χ3n) is 2.89. The third-order valence-corrected chi connectivity index (χ3v) is 2.89. The Morgan fingerprint density at radius 1 is 1.29 bits per heavy atom. The number of likely N-dealkylation sites (tertiary alicyclic amines) is 1. The smallest absolute Gasteiger partial charge is 0.305 e. The Balaban J connectivity index is 1.82. The highest BCUT2D eigenvalue weighted by atomic mass is 19.4. The molecule has 1 saturated carbocycles. The summed E-state index contributed by atoms with van der Waals surface area (Å²) in [5.41, 5.74) is 0. The second-order valence-corrected chi connectivity index (χ2v) is 4.41. The summed E-state index contributed by atoms with van der Waals surface area (Å²) in [4.78, 5) is 24.4. The van der Waals surface area contributed by atoms with Gasteiger partial charge in [-0.25, -0.2) is 0 Å². The van der Waals surface area contributed by atoms with E-state index in [1.54, 1.807) is 0 Å². The van der Waals surface area contributed by atoms with Gasteiger partial charge in [-0.1, -0.05) is 0 Å². The molecule has 1 atom stereocenters. The number of rotatable bonds is 4. The Morgan fingerprint density at radius 2 is 1.94 bits per heavy atom. The number of carbonyl (C=O) groups excluding carboxylic acids is 2. The lowest BCUT2D eigenvalue weighted by molar-refractivity contribution is -0.140. The fourth-order valence-electron chi connectivity index (χ4n) is 1.92. The van der Waals surface area contributed by atoms with Crippen LogP contribution in [-0.2, 0) is 9.59 Å². The Kier molecular flexibility index (Phi) is 3.11. The second-order valence-electron chi connectivity index (χ2n) is 4.41. The molecule has 1 N–H and O–H groups in total. The molecule has 2 rings (SSSR count). The summed E-state index contributed by atoms with van der Waals surface area (Å²) in [5.74, 6) is -0.651. The van der Waals surface area contributed by atoms with E-state index in [1.165, 1.54) is 4.90 Å². The summed E-state index contributed by atoms with van der Waals surface area (Å²) in [6.07, 6.45) is -3.63. The second kappa shape index (κ2) is 4.29. The zero-order chi connectivity index (χ0) is 12.6. The average molecular weight is 250 g/mol. The normalized spacial score (nSPS) is 25.8. The molecule has 0 spiro atoms. The van der Waals surface area contributed by atoms with Crippen molar-refractivity contribution in [2.45, 2.75) is 43.9 Å². The molecule has 2 aliphatic rings. The summed E-state index contributed by atoms with van der Waals surface area (Å²) < 4.78 is 35.7. The van der Waals surface area contributed by atoms with Crippen LogP contribution in [0.4, 0.5) is 13.2 Å². The van der Waals surface area contributed by atoms with Crippen LogP contribution in [0.2, 0.25) is 0 Å². The number of carbonyl (C=O) groups is 2. The molecule has 1 unspecified atom stereocenters. The number of nitrogens with zero attached hydrogens (tertiary/aromatic N) is 1. The molecule has 1 heterocycles. The van der Waals surface area contributed by atoms with Crippen molar-refractivity contribution in [3.8, 4) is 0 Å². The lowest BCUT2D eigenvalue weighted by atomic mass is 10.2. The van der Waals surface area contributed by atoms with E-state index in [1.807, 2.05) is 0 Å². The van der Waals surface area contributed by atoms with Crippen LogP contribution in [0, 0.1) is 0 Å². The van der Waals surface area contributed by atoms with Crippen LogP contribution >= 0.6 is 0 Å². The van der Waals surface area contributed by atoms with E-state index < -0.39 is 18.6 Å². The molecule has 1 saturated heterocycles. The molecule has 0 aromatic carbocycles. The molecule has 0 aromatic heterocycles. The van der Waals surface area contributed by atoms with Gasteiger partial charge >= 0.3 is 6.18 Å². The van der Waals surface area contributed by atoms with E-state index in [-0.39, 0.29) is 30.8 Å². The highest BCUT2D eigenvalue weighted by Crippen LogP contribution is 2.31. The summed E-state index contributed by atoms with van der Waals surface area (Å²) in [7, 11) is 0. The maximum Gasteiger partial charge on any atom is 0.390 e. The lowest BCUT2D eigenvalue weighted by Crippen LogP contribution is -2.40. The molecule has 2 fully saturated rings. The number of halogens is 3. The molecule has 4 nitrogen and oxygen atoms in total. The largest absolute Gasteiger partial charge is 0.390 e. The lowest BCUT2D eigenvalue weighted by Gasteiger charge is -2.14. The first-order valence-electron chi connectivity index (χ1n) is 5.54. The van der Waals surface area contributed by atoms with Gasteiger partial charge < -0.3 is 5.32 Å². The Hall–Kier alpha value is -1.11. The molecule has 17 heavy (non-hydrogen) atoms. The van der Waals surface area contributed by atoms with Crippen molar-refractivity contribution in [2.75, 3.05) is 6.54 Å². The summed E-state index contributed by atoms with van der Waals surface area (Å²) >= 11 is 0. The van der Waals surface area contributed by atoms with E-state index in [0.717, 1.165) is 12.8 Å². The number of alkyl halides is 3. The number of hydrogen-bond donors (Lipinski definition) is 1. The van der Waals surface area contributed by atoms with Gasteiger partial charge in [-0.15, -0.1) is 0 Å². The maximum absolute atomic E-state index is 11.9. The zero-order valence-electron chi connectivity index (χ0n) is 9.09. The van der Waals surface area contributed by atoms with Gasteiger partial charge in [0.15, 0.2) is 0 Å². The molecular weight excluding hydrogens is 237 g/mol. The predicted octanol–water partition coefficient (Wildman–Crippen LogP) is 0.818. The van der Waals surface area contributed by atoms with Crippen molar-refractivity contribution < 1.29 is 22.8 Å². The minimum absolute atomic E-state index is 0.00980. The van der Waals surface area contributed by atoms with E-state index in [4.69, 9.17) is 0 Å². The van der Waals surface area contributed by atoms with Gasteiger partial charge in [-0.3, -0.25) is 14.5 Å². The third kappa shape index (κ3) is 2.96. The molecule has 0 aromatic rings. The van der Waals surface area contributed by atoms with Crippen LogP contribution in [0.1, 0.15) is 25.7 Å². The number of imide groups is 1. The van der Waals surface area contributed by atoms with Gasteiger partial charge in [0, 0.05) is 12.6 Å². The van der Waals surface area contributed by atoms with Crippen LogP contribution in [0.5, 0.6) is 0 Å². The van der Waals surface area contributed by atoms with Crippen LogP contribution in [0.15, 0.2) is 0 Å². The first kappa shape index (κ1) is 12.3. The van der Waals surface area contributed by atoms with Crippen molar-refractivity contribution in [1.82, 2.24) is 10.2 Å². The first-order chi connectivity index (χ1) is 7.88. The molecule has 2 amide bonds. The monoisotopic (exact) mass is 250 g/mol. The maximum atomic E-state index is 11.9. The summed E-state index contributed by atoms with van der Waals surface area (Å²) in [6, 6.07) is -0.783. The standard InChI is InChI=1S/C10H13F3N2O2/c11-10(12,13)3-4-14-7-5-8(16)15(9(7)17)6-1-2-6/h6-7,14H,1-5H2. The number of hydrogen-bond acceptors (Lipinski definition) is 3. The first-order valence-corrected chi connectivity index (χ1v) is 5.54. The van der Waals surface area contributed by atoms with E-state index in [2.05, 4.69) is 5.32 Å². The van der Waals surface area contributed by atoms with E-state index >= 15 is 0 Å². The molecule has 1 aliphatic heterocycles. The van der Waals surface area contributed by atoms with Gasteiger partial charge in [0.25, 0.3) is 0 Å². The van der Waals surface area contributed by atoms with Gasteiger partial charge in [-0.2, -0.15) is 13.2 Å². The van der Waals surface area contributed by atoms with Crippen molar-refractivity contribution in [2.24, 2.45) is 0 Å². The minimum atomic E-state index is -4.24. The average Bonchev–Trinajstić information content (AvgIpc) is 2.95. The Bertz CT molecular complexity index is 339. The highest BCUT2D eigenvalue weighted by molar-refractivity contribution is 6.06. The van der Waals surface area contributed by atoms with E-state index in [9.17, 15) is 22.8 Å². The Morgan fingerprint density at radius 3 is 2.47 bits per heavy atom. The van der Waals surface area contributed by atoms with Crippen LogP contribution in [-0.4, -0.2) is 41.5 Å². The quantitative estimate of drug-likeness (QED) is 0.751. The highest BCUT2D eigenvalue weighted by Gasteiger charge is 2.45. The fourth-order valence-corrected chi connectivity index (χ4v) is 1.92. The topological polar surface area (TPSA) is 49.4 Å².